The Morgan fingerprint density at radius 1 is 1.14 bits per heavy atom. The molecule has 1 aromatic carbocycles. The monoisotopic (exact) mass is 297 g/mol. The molecule has 22 heavy (non-hydrogen) atoms. The second-order valence-corrected chi connectivity index (χ2v) is 5.26. The van der Waals surface area contributed by atoms with Crippen molar-refractivity contribution in [1.82, 2.24) is 15.3 Å². The largest absolute Gasteiger partial charge is 0.353 e. The molecule has 0 radical (unpaired) electrons. The Balaban J connectivity index is 1.73. The lowest BCUT2D eigenvalue weighted by Gasteiger charge is -2.28. The standard InChI is InChI=1S/C16H19N5O/c1-12(22)20-14-4-2-13(3-5-14)15-10-19-16(11-18-15)21-8-6-17-7-9-21/h2-5,10-11,17H,6-9H2,1H3,(H,20,22). The molecular weight excluding hydrogens is 278 g/mol. The van der Waals surface area contributed by atoms with Gasteiger partial charge >= 0.3 is 0 Å². The summed E-state index contributed by atoms with van der Waals surface area (Å²) in [6, 6.07) is 7.59. The van der Waals surface area contributed by atoms with E-state index in [0.29, 0.717) is 0 Å². The van der Waals surface area contributed by atoms with Gasteiger partial charge in [0, 0.05) is 44.4 Å². The first-order chi connectivity index (χ1) is 10.7. The maximum absolute atomic E-state index is 11.0. The molecule has 3 rings (SSSR count). The van der Waals surface area contributed by atoms with Gasteiger partial charge in [-0.3, -0.25) is 9.78 Å². The molecule has 0 aliphatic carbocycles. The predicted octanol–water partition coefficient (Wildman–Crippen LogP) is 1.51. The van der Waals surface area contributed by atoms with Crippen LogP contribution in [-0.2, 0) is 4.79 Å². The quantitative estimate of drug-likeness (QED) is 0.898. The summed E-state index contributed by atoms with van der Waals surface area (Å²) in [4.78, 5) is 22.3. The van der Waals surface area contributed by atoms with Crippen LogP contribution in [-0.4, -0.2) is 42.1 Å². The molecule has 2 heterocycles. The third kappa shape index (κ3) is 3.40. The van der Waals surface area contributed by atoms with E-state index in [-0.39, 0.29) is 5.91 Å². The van der Waals surface area contributed by atoms with Crippen molar-refractivity contribution < 1.29 is 4.79 Å². The van der Waals surface area contributed by atoms with Crippen molar-refractivity contribution in [1.29, 1.82) is 0 Å². The Kier molecular flexibility index (Phi) is 4.29. The smallest absolute Gasteiger partial charge is 0.221 e. The molecule has 6 nitrogen and oxygen atoms in total. The zero-order valence-electron chi connectivity index (χ0n) is 12.5. The molecule has 0 atom stereocenters. The van der Waals surface area contributed by atoms with Gasteiger partial charge in [-0.1, -0.05) is 12.1 Å². The van der Waals surface area contributed by atoms with Gasteiger partial charge in [0.15, 0.2) is 0 Å². The van der Waals surface area contributed by atoms with E-state index in [4.69, 9.17) is 0 Å². The summed E-state index contributed by atoms with van der Waals surface area (Å²) in [5.74, 6) is 0.841. The number of amides is 1. The molecule has 6 heteroatoms. The minimum absolute atomic E-state index is 0.0760. The first-order valence-corrected chi connectivity index (χ1v) is 7.38. The summed E-state index contributed by atoms with van der Waals surface area (Å²) in [5.41, 5.74) is 2.59. The van der Waals surface area contributed by atoms with Gasteiger partial charge in [-0.2, -0.15) is 0 Å². The minimum atomic E-state index is -0.0760. The molecule has 1 amide bonds. The summed E-state index contributed by atoms with van der Waals surface area (Å²) >= 11 is 0. The molecule has 1 aliphatic heterocycles. The maximum atomic E-state index is 11.0. The van der Waals surface area contributed by atoms with E-state index in [1.54, 1.807) is 6.20 Å². The Hall–Kier alpha value is -2.47. The van der Waals surface area contributed by atoms with Crippen molar-refractivity contribution in [2.24, 2.45) is 0 Å². The lowest BCUT2D eigenvalue weighted by molar-refractivity contribution is -0.114. The average molecular weight is 297 g/mol. The van der Waals surface area contributed by atoms with Crippen LogP contribution in [0.5, 0.6) is 0 Å². The first kappa shape index (κ1) is 14.5. The van der Waals surface area contributed by atoms with Crippen LogP contribution in [0.2, 0.25) is 0 Å². The van der Waals surface area contributed by atoms with Gasteiger partial charge in [0.05, 0.1) is 18.1 Å². The summed E-state index contributed by atoms with van der Waals surface area (Å²) in [6.07, 6.45) is 3.62. The summed E-state index contributed by atoms with van der Waals surface area (Å²) in [7, 11) is 0. The molecule has 1 aliphatic rings. The highest BCUT2D eigenvalue weighted by atomic mass is 16.1. The van der Waals surface area contributed by atoms with Crippen LogP contribution in [0, 0.1) is 0 Å². The zero-order chi connectivity index (χ0) is 15.4. The highest BCUT2D eigenvalue weighted by Gasteiger charge is 2.12. The molecule has 1 saturated heterocycles. The van der Waals surface area contributed by atoms with Crippen LogP contribution in [0.25, 0.3) is 11.3 Å². The number of aromatic nitrogens is 2. The Bertz CT molecular complexity index is 633. The van der Waals surface area contributed by atoms with Crippen LogP contribution in [0.1, 0.15) is 6.92 Å². The van der Waals surface area contributed by atoms with Crippen LogP contribution < -0.4 is 15.5 Å². The van der Waals surface area contributed by atoms with E-state index in [1.165, 1.54) is 6.92 Å². The highest BCUT2D eigenvalue weighted by molar-refractivity contribution is 5.88. The fourth-order valence-electron chi connectivity index (χ4n) is 2.46. The fourth-order valence-corrected chi connectivity index (χ4v) is 2.46. The van der Waals surface area contributed by atoms with Gasteiger partial charge in [0.25, 0.3) is 0 Å². The molecule has 114 valence electrons. The summed E-state index contributed by atoms with van der Waals surface area (Å²) < 4.78 is 0. The van der Waals surface area contributed by atoms with E-state index in [9.17, 15) is 4.79 Å². The van der Waals surface area contributed by atoms with Crippen molar-refractivity contribution in [3.63, 3.8) is 0 Å². The van der Waals surface area contributed by atoms with Gasteiger partial charge in [-0.05, 0) is 12.1 Å². The number of hydrogen-bond acceptors (Lipinski definition) is 5. The topological polar surface area (TPSA) is 70.2 Å². The molecule has 2 N–H and O–H groups in total. The number of rotatable bonds is 3. The van der Waals surface area contributed by atoms with Crippen molar-refractivity contribution in [2.75, 3.05) is 36.4 Å². The Labute approximate surface area is 129 Å². The van der Waals surface area contributed by atoms with E-state index < -0.39 is 0 Å². The molecule has 0 spiro atoms. The van der Waals surface area contributed by atoms with E-state index in [0.717, 1.165) is 48.9 Å². The molecule has 2 aromatic rings. The third-order valence-corrected chi connectivity index (χ3v) is 3.58. The second kappa shape index (κ2) is 6.53. The average Bonchev–Trinajstić information content (AvgIpc) is 2.56. The van der Waals surface area contributed by atoms with Crippen molar-refractivity contribution >= 4 is 17.4 Å². The van der Waals surface area contributed by atoms with Crippen molar-refractivity contribution in [3.8, 4) is 11.3 Å². The number of nitrogens with zero attached hydrogens (tertiary/aromatic N) is 3. The van der Waals surface area contributed by atoms with E-state index in [2.05, 4.69) is 25.5 Å². The van der Waals surface area contributed by atoms with Gasteiger partial charge in [-0.15, -0.1) is 0 Å². The number of nitrogens with one attached hydrogen (secondary N) is 2. The Morgan fingerprint density at radius 3 is 2.45 bits per heavy atom. The van der Waals surface area contributed by atoms with Crippen LogP contribution >= 0.6 is 0 Å². The SMILES string of the molecule is CC(=O)Nc1ccc(-c2cnc(N3CCNCC3)cn2)cc1. The normalized spacial score (nSPS) is 14.7. The van der Waals surface area contributed by atoms with Crippen LogP contribution in [0.15, 0.2) is 36.7 Å². The number of carbonyl (C=O) groups excluding carboxylic acids is 1. The predicted molar refractivity (Wildman–Crippen MR) is 86.9 cm³/mol. The second-order valence-electron chi connectivity index (χ2n) is 5.26. The van der Waals surface area contributed by atoms with Crippen LogP contribution in [0.3, 0.4) is 0 Å². The molecular formula is C16H19N5O. The van der Waals surface area contributed by atoms with Crippen molar-refractivity contribution in [2.45, 2.75) is 6.92 Å². The van der Waals surface area contributed by atoms with E-state index >= 15 is 0 Å². The molecule has 0 bridgehead atoms. The zero-order valence-corrected chi connectivity index (χ0v) is 12.5. The number of hydrogen-bond donors (Lipinski definition) is 2. The van der Waals surface area contributed by atoms with Gasteiger partial charge in [-0.25, -0.2) is 4.98 Å². The molecule has 1 fully saturated rings. The maximum Gasteiger partial charge on any atom is 0.221 e. The number of benzene rings is 1. The van der Waals surface area contributed by atoms with E-state index in [1.807, 2.05) is 30.5 Å². The van der Waals surface area contributed by atoms with Crippen molar-refractivity contribution in [3.05, 3.63) is 36.7 Å². The Morgan fingerprint density at radius 2 is 1.86 bits per heavy atom. The summed E-state index contributed by atoms with van der Waals surface area (Å²) in [6.45, 7) is 5.37. The third-order valence-electron chi connectivity index (χ3n) is 3.58. The molecule has 1 aromatic heterocycles. The first-order valence-electron chi connectivity index (χ1n) is 7.38. The lowest BCUT2D eigenvalue weighted by atomic mass is 10.1. The van der Waals surface area contributed by atoms with Gasteiger partial charge in [0.2, 0.25) is 5.91 Å². The summed E-state index contributed by atoms with van der Waals surface area (Å²) in [5, 5.41) is 6.07. The lowest BCUT2D eigenvalue weighted by Crippen LogP contribution is -2.43. The number of anilines is 2. The van der Waals surface area contributed by atoms with Gasteiger partial charge in [0.1, 0.15) is 5.82 Å². The minimum Gasteiger partial charge on any atom is -0.353 e. The van der Waals surface area contributed by atoms with Crippen LogP contribution in [0.4, 0.5) is 11.5 Å². The number of carbonyl (C=O) groups is 1. The molecule has 0 unspecified atom stereocenters. The number of piperazine rings is 1. The highest BCUT2D eigenvalue weighted by Crippen LogP contribution is 2.20. The molecule has 0 saturated carbocycles. The fraction of sp³-hybridized carbons (Fsp3) is 0.312. The van der Waals surface area contributed by atoms with Gasteiger partial charge < -0.3 is 15.5 Å².